The van der Waals surface area contributed by atoms with Crippen LogP contribution in [0.1, 0.15) is 36.0 Å². The molecule has 0 bridgehead atoms. The van der Waals surface area contributed by atoms with E-state index >= 15 is 0 Å². The molecule has 0 radical (unpaired) electrons. The van der Waals surface area contributed by atoms with E-state index in [1.54, 1.807) is 6.92 Å². The van der Waals surface area contributed by atoms with Gasteiger partial charge in [-0.3, -0.25) is 9.89 Å². The van der Waals surface area contributed by atoms with Gasteiger partial charge in [-0.2, -0.15) is 5.10 Å². The highest BCUT2D eigenvalue weighted by Crippen LogP contribution is 2.61. The molecule has 1 aliphatic carbocycles. The smallest absolute Gasteiger partial charge is 0.140 e. The van der Waals surface area contributed by atoms with Crippen LogP contribution in [0.2, 0.25) is 0 Å². The van der Waals surface area contributed by atoms with Crippen LogP contribution in [0.3, 0.4) is 0 Å². The molecule has 2 atom stereocenters. The van der Waals surface area contributed by atoms with E-state index in [-0.39, 0.29) is 17.1 Å². The standard InChI is InChI=1S/C19H18N2O/c1-12-5-3-4-6-16(12)19(13(2)22)10-17(19)14-7-8-15-11-20-21-18(15)9-14/h3-9,11,17H,10H2,1-2H3,(H,20,21)/t17-,19-/m0/s1. The van der Waals surface area contributed by atoms with Gasteiger partial charge in [-0.1, -0.05) is 36.4 Å². The number of nitrogens with zero attached hydrogens (tertiary/aromatic N) is 1. The molecule has 1 aromatic heterocycles. The van der Waals surface area contributed by atoms with Gasteiger partial charge < -0.3 is 0 Å². The minimum Gasteiger partial charge on any atom is -0.299 e. The number of H-pyrrole nitrogens is 1. The number of fused-ring (bicyclic) bond motifs is 1. The van der Waals surface area contributed by atoms with E-state index in [9.17, 15) is 4.79 Å². The molecule has 0 saturated heterocycles. The molecular weight excluding hydrogens is 272 g/mol. The summed E-state index contributed by atoms with van der Waals surface area (Å²) < 4.78 is 0. The zero-order valence-electron chi connectivity index (χ0n) is 12.8. The van der Waals surface area contributed by atoms with Crippen molar-refractivity contribution in [3.63, 3.8) is 0 Å². The van der Waals surface area contributed by atoms with Crippen LogP contribution in [-0.2, 0) is 10.2 Å². The van der Waals surface area contributed by atoms with Crippen LogP contribution in [0.15, 0.2) is 48.7 Å². The predicted octanol–water partition coefficient (Wildman–Crippen LogP) is 3.89. The van der Waals surface area contributed by atoms with E-state index in [0.717, 1.165) is 17.3 Å². The molecule has 0 unspecified atom stereocenters. The second-order valence-electron chi connectivity index (χ2n) is 6.32. The molecule has 4 rings (SSSR count). The van der Waals surface area contributed by atoms with Gasteiger partial charge in [0.05, 0.1) is 17.1 Å². The Bertz CT molecular complexity index is 880. The van der Waals surface area contributed by atoms with Crippen molar-refractivity contribution < 1.29 is 4.79 Å². The van der Waals surface area contributed by atoms with Gasteiger partial charge in [0, 0.05) is 11.3 Å². The number of carbonyl (C=O) groups is 1. The summed E-state index contributed by atoms with van der Waals surface area (Å²) in [5.74, 6) is 0.523. The first-order chi connectivity index (χ1) is 10.6. The fourth-order valence-corrected chi connectivity index (χ4v) is 3.79. The van der Waals surface area contributed by atoms with Crippen molar-refractivity contribution in [3.05, 3.63) is 65.4 Å². The molecule has 2 aromatic carbocycles. The quantitative estimate of drug-likeness (QED) is 0.795. The van der Waals surface area contributed by atoms with Crippen molar-refractivity contribution >= 4 is 16.7 Å². The van der Waals surface area contributed by atoms with Gasteiger partial charge in [0.2, 0.25) is 0 Å². The van der Waals surface area contributed by atoms with Crippen molar-refractivity contribution in [2.45, 2.75) is 31.6 Å². The van der Waals surface area contributed by atoms with Crippen molar-refractivity contribution in [2.24, 2.45) is 0 Å². The average molecular weight is 290 g/mol. The number of Topliss-reactive ketones (excluding diaryl/α,β-unsaturated/α-hetero) is 1. The Balaban J connectivity index is 1.81. The first-order valence-electron chi connectivity index (χ1n) is 7.63. The molecule has 1 N–H and O–H groups in total. The number of hydrogen-bond acceptors (Lipinski definition) is 2. The van der Waals surface area contributed by atoms with Crippen LogP contribution < -0.4 is 0 Å². The number of aromatic amines is 1. The molecule has 1 fully saturated rings. The summed E-state index contributed by atoms with van der Waals surface area (Å²) >= 11 is 0. The number of hydrogen-bond donors (Lipinski definition) is 1. The van der Waals surface area contributed by atoms with E-state index < -0.39 is 0 Å². The van der Waals surface area contributed by atoms with Crippen molar-refractivity contribution in [3.8, 4) is 0 Å². The summed E-state index contributed by atoms with van der Waals surface area (Å²) in [4.78, 5) is 12.5. The molecule has 1 saturated carbocycles. The number of rotatable bonds is 3. The fraction of sp³-hybridized carbons (Fsp3) is 0.263. The Morgan fingerprint density at radius 3 is 2.86 bits per heavy atom. The van der Waals surface area contributed by atoms with Crippen LogP contribution in [0.4, 0.5) is 0 Å². The SMILES string of the molecule is CC(=O)[C@]1(c2ccccc2C)C[C@H]1c1ccc2cn[nH]c2c1. The lowest BCUT2D eigenvalue weighted by atomic mass is 9.85. The van der Waals surface area contributed by atoms with Crippen molar-refractivity contribution in [1.82, 2.24) is 10.2 Å². The van der Waals surface area contributed by atoms with Gasteiger partial charge >= 0.3 is 0 Å². The van der Waals surface area contributed by atoms with Crippen LogP contribution in [0.5, 0.6) is 0 Å². The Hall–Kier alpha value is -2.42. The topological polar surface area (TPSA) is 45.8 Å². The number of carbonyl (C=O) groups excluding carboxylic acids is 1. The third-order valence-electron chi connectivity index (χ3n) is 5.08. The molecule has 110 valence electrons. The van der Waals surface area contributed by atoms with Crippen molar-refractivity contribution in [2.75, 3.05) is 0 Å². The van der Waals surface area contributed by atoms with Crippen LogP contribution in [-0.4, -0.2) is 16.0 Å². The number of ketones is 1. The van der Waals surface area contributed by atoms with Gasteiger partial charge in [0.15, 0.2) is 0 Å². The van der Waals surface area contributed by atoms with Crippen LogP contribution in [0, 0.1) is 6.92 Å². The van der Waals surface area contributed by atoms with Crippen LogP contribution >= 0.6 is 0 Å². The Morgan fingerprint density at radius 1 is 1.27 bits per heavy atom. The van der Waals surface area contributed by atoms with Crippen molar-refractivity contribution in [1.29, 1.82) is 0 Å². The molecule has 3 nitrogen and oxygen atoms in total. The summed E-state index contributed by atoms with van der Waals surface area (Å²) in [6.07, 6.45) is 2.72. The fourth-order valence-electron chi connectivity index (χ4n) is 3.79. The summed E-state index contributed by atoms with van der Waals surface area (Å²) in [5, 5.41) is 8.19. The summed E-state index contributed by atoms with van der Waals surface area (Å²) in [6, 6.07) is 14.6. The highest BCUT2D eigenvalue weighted by atomic mass is 16.1. The second-order valence-corrected chi connectivity index (χ2v) is 6.32. The normalized spacial score (nSPS) is 23.6. The maximum absolute atomic E-state index is 12.5. The summed E-state index contributed by atoms with van der Waals surface area (Å²) in [5.41, 5.74) is 4.28. The minimum atomic E-state index is -0.348. The molecule has 22 heavy (non-hydrogen) atoms. The first kappa shape index (κ1) is 13.3. The lowest BCUT2D eigenvalue weighted by molar-refractivity contribution is -0.119. The second kappa shape index (κ2) is 4.54. The lowest BCUT2D eigenvalue weighted by Gasteiger charge is -2.17. The molecule has 3 aromatic rings. The minimum absolute atomic E-state index is 0.261. The maximum Gasteiger partial charge on any atom is 0.140 e. The van der Waals surface area contributed by atoms with Gasteiger partial charge in [-0.15, -0.1) is 0 Å². The average Bonchev–Trinajstić information content (AvgIpc) is 3.10. The molecule has 0 spiro atoms. The summed E-state index contributed by atoms with van der Waals surface area (Å²) in [7, 11) is 0. The molecule has 3 heteroatoms. The molecule has 0 amide bonds. The zero-order valence-corrected chi connectivity index (χ0v) is 12.8. The van der Waals surface area contributed by atoms with Gasteiger partial charge in [0.1, 0.15) is 5.78 Å². The van der Waals surface area contributed by atoms with Crippen LogP contribution in [0.25, 0.3) is 10.9 Å². The first-order valence-corrected chi connectivity index (χ1v) is 7.63. The van der Waals surface area contributed by atoms with Gasteiger partial charge in [-0.25, -0.2) is 0 Å². The lowest BCUT2D eigenvalue weighted by Crippen LogP contribution is -2.20. The number of aromatic nitrogens is 2. The number of aryl methyl sites for hydroxylation is 1. The number of benzene rings is 2. The third-order valence-corrected chi connectivity index (χ3v) is 5.08. The molecular formula is C19H18N2O. The van der Waals surface area contributed by atoms with E-state index in [2.05, 4.69) is 47.5 Å². The molecule has 1 aliphatic rings. The van der Waals surface area contributed by atoms with E-state index in [1.807, 2.05) is 18.3 Å². The molecule has 0 aliphatic heterocycles. The monoisotopic (exact) mass is 290 g/mol. The Kier molecular flexibility index (Phi) is 2.73. The highest BCUT2D eigenvalue weighted by Gasteiger charge is 2.60. The molecule has 1 heterocycles. The van der Waals surface area contributed by atoms with E-state index in [0.29, 0.717) is 0 Å². The zero-order chi connectivity index (χ0) is 15.3. The highest BCUT2D eigenvalue weighted by molar-refractivity contribution is 5.94. The third kappa shape index (κ3) is 1.75. The Labute approximate surface area is 129 Å². The Morgan fingerprint density at radius 2 is 2.09 bits per heavy atom. The number of nitrogens with one attached hydrogen (secondary N) is 1. The largest absolute Gasteiger partial charge is 0.299 e. The maximum atomic E-state index is 12.5. The van der Waals surface area contributed by atoms with Gasteiger partial charge in [0.25, 0.3) is 0 Å². The predicted molar refractivity (Wildman–Crippen MR) is 87.0 cm³/mol. The van der Waals surface area contributed by atoms with E-state index in [4.69, 9.17) is 0 Å². The van der Waals surface area contributed by atoms with Gasteiger partial charge in [-0.05, 0) is 43.0 Å². The summed E-state index contributed by atoms with van der Waals surface area (Å²) in [6.45, 7) is 3.81. The van der Waals surface area contributed by atoms with E-state index in [1.165, 1.54) is 16.7 Å².